The minimum absolute atomic E-state index is 0.160. The quantitative estimate of drug-likeness (QED) is 0.895. The van der Waals surface area contributed by atoms with Gasteiger partial charge in [0.1, 0.15) is 0 Å². The van der Waals surface area contributed by atoms with Crippen molar-refractivity contribution < 1.29 is 4.79 Å². The molecule has 0 spiro atoms. The summed E-state index contributed by atoms with van der Waals surface area (Å²) >= 11 is 0. The van der Waals surface area contributed by atoms with Crippen molar-refractivity contribution in [2.24, 2.45) is 5.73 Å². The molecule has 110 valence electrons. The zero-order chi connectivity index (χ0) is 14.5. The summed E-state index contributed by atoms with van der Waals surface area (Å²) in [5, 5.41) is 0. The standard InChI is InChI=1S/C16H25N3O/c1-18(2)15-7-3-6-13(12-15)16(20)19-11-5-9-14(19)8-4-10-17/h3,6-7,12,14H,4-5,8-11,17H2,1-2H3. The highest BCUT2D eigenvalue weighted by Gasteiger charge is 2.28. The Morgan fingerprint density at radius 2 is 2.25 bits per heavy atom. The van der Waals surface area contributed by atoms with Crippen molar-refractivity contribution in [3.63, 3.8) is 0 Å². The van der Waals surface area contributed by atoms with E-state index in [9.17, 15) is 4.79 Å². The van der Waals surface area contributed by atoms with Gasteiger partial charge in [0.25, 0.3) is 5.91 Å². The Labute approximate surface area is 121 Å². The average Bonchev–Trinajstić information content (AvgIpc) is 2.92. The molecule has 0 radical (unpaired) electrons. The largest absolute Gasteiger partial charge is 0.378 e. The van der Waals surface area contributed by atoms with Crippen molar-refractivity contribution in [2.45, 2.75) is 31.7 Å². The summed E-state index contributed by atoms with van der Waals surface area (Å²) in [6, 6.07) is 8.23. The number of hydrogen-bond acceptors (Lipinski definition) is 3. The van der Waals surface area contributed by atoms with E-state index in [1.54, 1.807) is 0 Å². The van der Waals surface area contributed by atoms with Crippen LogP contribution in [-0.2, 0) is 0 Å². The van der Waals surface area contributed by atoms with E-state index in [1.807, 2.05) is 48.2 Å². The lowest BCUT2D eigenvalue weighted by Gasteiger charge is -2.25. The van der Waals surface area contributed by atoms with Crippen molar-refractivity contribution in [2.75, 3.05) is 32.1 Å². The highest BCUT2D eigenvalue weighted by Crippen LogP contribution is 2.24. The van der Waals surface area contributed by atoms with E-state index in [2.05, 4.69) is 0 Å². The molecule has 1 fully saturated rings. The highest BCUT2D eigenvalue weighted by atomic mass is 16.2. The zero-order valence-corrected chi connectivity index (χ0v) is 12.5. The van der Waals surface area contributed by atoms with E-state index in [1.165, 1.54) is 0 Å². The van der Waals surface area contributed by atoms with Gasteiger partial charge in [-0.15, -0.1) is 0 Å². The summed E-state index contributed by atoms with van der Waals surface area (Å²) in [5.74, 6) is 0.160. The number of anilines is 1. The lowest BCUT2D eigenvalue weighted by atomic mass is 10.1. The molecular weight excluding hydrogens is 250 g/mol. The molecule has 1 aromatic carbocycles. The van der Waals surface area contributed by atoms with Crippen molar-refractivity contribution in [3.8, 4) is 0 Å². The molecule has 1 aromatic rings. The molecule has 2 N–H and O–H groups in total. The fourth-order valence-electron chi connectivity index (χ4n) is 2.84. The highest BCUT2D eigenvalue weighted by molar-refractivity contribution is 5.95. The predicted molar refractivity (Wildman–Crippen MR) is 83.1 cm³/mol. The zero-order valence-electron chi connectivity index (χ0n) is 12.5. The van der Waals surface area contributed by atoms with Crippen molar-refractivity contribution in [3.05, 3.63) is 29.8 Å². The Morgan fingerprint density at radius 3 is 2.95 bits per heavy atom. The van der Waals surface area contributed by atoms with Gasteiger partial charge in [0, 0.05) is 37.9 Å². The van der Waals surface area contributed by atoms with Gasteiger partial charge in [-0.05, 0) is 50.4 Å². The molecule has 1 heterocycles. The summed E-state index contributed by atoms with van der Waals surface area (Å²) in [4.78, 5) is 16.7. The summed E-state index contributed by atoms with van der Waals surface area (Å²) < 4.78 is 0. The van der Waals surface area contributed by atoms with Crippen LogP contribution >= 0.6 is 0 Å². The van der Waals surface area contributed by atoms with Gasteiger partial charge in [0.05, 0.1) is 0 Å². The van der Waals surface area contributed by atoms with Gasteiger partial charge in [-0.2, -0.15) is 0 Å². The van der Waals surface area contributed by atoms with E-state index >= 15 is 0 Å². The molecule has 1 saturated heterocycles. The molecule has 1 aliphatic rings. The Kier molecular flexibility index (Phi) is 5.01. The van der Waals surface area contributed by atoms with Crippen LogP contribution in [0.15, 0.2) is 24.3 Å². The van der Waals surface area contributed by atoms with Crippen LogP contribution in [0, 0.1) is 0 Å². The van der Waals surface area contributed by atoms with Crippen LogP contribution in [-0.4, -0.2) is 44.0 Å². The molecule has 1 aliphatic heterocycles. The Morgan fingerprint density at radius 1 is 1.45 bits per heavy atom. The van der Waals surface area contributed by atoms with Gasteiger partial charge >= 0.3 is 0 Å². The molecule has 0 saturated carbocycles. The number of rotatable bonds is 5. The van der Waals surface area contributed by atoms with Crippen LogP contribution < -0.4 is 10.6 Å². The van der Waals surface area contributed by atoms with E-state index in [-0.39, 0.29) is 5.91 Å². The van der Waals surface area contributed by atoms with Gasteiger partial charge in [0.15, 0.2) is 0 Å². The van der Waals surface area contributed by atoms with Crippen molar-refractivity contribution >= 4 is 11.6 Å². The number of nitrogens with two attached hydrogens (primary N) is 1. The second-order valence-electron chi connectivity index (χ2n) is 5.67. The third-order valence-corrected chi connectivity index (χ3v) is 3.99. The lowest BCUT2D eigenvalue weighted by molar-refractivity contribution is 0.0729. The van der Waals surface area contributed by atoms with E-state index in [0.29, 0.717) is 12.6 Å². The fourth-order valence-corrected chi connectivity index (χ4v) is 2.84. The molecule has 1 unspecified atom stereocenters. The van der Waals surface area contributed by atoms with Crippen LogP contribution in [0.4, 0.5) is 5.69 Å². The van der Waals surface area contributed by atoms with Crippen LogP contribution in [0.5, 0.6) is 0 Å². The van der Waals surface area contributed by atoms with Crippen LogP contribution in [0.2, 0.25) is 0 Å². The topological polar surface area (TPSA) is 49.6 Å². The van der Waals surface area contributed by atoms with Crippen molar-refractivity contribution in [1.29, 1.82) is 0 Å². The Balaban J connectivity index is 2.11. The minimum Gasteiger partial charge on any atom is -0.378 e. The molecule has 4 heteroatoms. The number of carbonyl (C=O) groups excluding carboxylic acids is 1. The molecule has 2 rings (SSSR count). The fraction of sp³-hybridized carbons (Fsp3) is 0.562. The molecule has 1 atom stereocenters. The molecule has 1 amide bonds. The molecule has 0 bridgehead atoms. The molecule has 4 nitrogen and oxygen atoms in total. The number of nitrogens with zero attached hydrogens (tertiary/aromatic N) is 2. The number of amides is 1. The van der Waals surface area contributed by atoms with Crippen LogP contribution in [0.1, 0.15) is 36.0 Å². The number of carbonyl (C=O) groups is 1. The van der Waals surface area contributed by atoms with E-state index < -0.39 is 0 Å². The molecule has 0 aromatic heterocycles. The third-order valence-electron chi connectivity index (χ3n) is 3.99. The second-order valence-corrected chi connectivity index (χ2v) is 5.67. The van der Waals surface area contributed by atoms with Crippen LogP contribution in [0.25, 0.3) is 0 Å². The van der Waals surface area contributed by atoms with Gasteiger partial charge in [-0.25, -0.2) is 0 Å². The summed E-state index contributed by atoms with van der Waals surface area (Å²) in [5.41, 5.74) is 7.43. The van der Waals surface area contributed by atoms with E-state index in [0.717, 1.165) is 43.5 Å². The summed E-state index contributed by atoms with van der Waals surface area (Å²) in [6.45, 7) is 1.58. The molecule has 0 aliphatic carbocycles. The Hall–Kier alpha value is -1.55. The predicted octanol–water partition coefficient (Wildman–Crippen LogP) is 2.10. The number of likely N-dealkylation sites (tertiary alicyclic amines) is 1. The first-order valence-corrected chi connectivity index (χ1v) is 7.42. The number of benzene rings is 1. The van der Waals surface area contributed by atoms with Crippen molar-refractivity contribution in [1.82, 2.24) is 4.90 Å². The average molecular weight is 275 g/mol. The van der Waals surface area contributed by atoms with E-state index in [4.69, 9.17) is 5.73 Å². The summed E-state index contributed by atoms with van der Waals surface area (Å²) in [6.07, 6.45) is 4.23. The normalized spacial score (nSPS) is 18.4. The monoisotopic (exact) mass is 275 g/mol. The Bertz CT molecular complexity index is 459. The molecular formula is C16H25N3O. The first-order chi connectivity index (χ1) is 9.63. The van der Waals surface area contributed by atoms with Gasteiger partial charge < -0.3 is 15.5 Å². The minimum atomic E-state index is 0.160. The maximum absolute atomic E-state index is 12.7. The molecule has 20 heavy (non-hydrogen) atoms. The summed E-state index contributed by atoms with van der Waals surface area (Å²) in [7, 11) is 3.98. The maximum atomic E-state index is 12.7. The third kappa shape index (κ3) is 3.31. The second kappa shape index (κ2) is 6.75. The van der Waals surface area contributed by atoms with Gasteiger partial charge in [-0.3, -0.25) is 4.79 Å². The SMILES string of the molecule is CN(C)c1cccc(C(=O)N2CCCC2CCCN)c1. The van der Waals surface area contributed by atoms with Gasteiger partial charge in [0.2, 0.25) is 0 Å². The van der Waals surface area contributed by atoms with Gasteiger partial charge in [-0.1, -0.05) is 6.07 Å². The smallest absolute Gasteiger partial charge is 0.254 e. The van der Waals surface area contributed by atoms with Crippen LogP contribution in [0.3, 0.4) is 0 Å². The first kappa shape index (κ1) is 14.9. The first-order valence-electron chi connectivity index (χ1n) is 7.42. The lowest BCUT2D eigenvalue weighted by Crippen LogP contribution is -2.35. The number of hydrogen-bond donors (Lipinski definition) is 1. The maximum Gasteiger partial charge on any atom is 0.254 e.